The third-order valence-electron chi connectivity index (χ3n) is 3.11. The number of nitrogens with two attached hydrogens (primary N) is 1. The van der Waals surface area contributed by atoms with E-state index in [-0.39, 0.29) is 18.6 Å². The molecule has 1 saturated heterocycles. The van der Waals surface area contributed by atoms with Gasteiger partial charge < -0.3 is 15.7 Å². The average molecular weight is 200 g/mol. The summed E-state index contributed by atoms with van der Waals surface area (Å²) in [6, 6.07) is -0.436. The van der Waals surface area contributed by atoms with Crippen LogP contribution in [-0.2, 0) is 4.79 Å². The van der Waals surface area contributed by atoms with Crippen LogP contribution in [0.3, 0.4) is 0 Å². The minimum Gasteiger partial charge on any atom is -0.394 e. The molecule has 4 nitrogen and oxygen atoms in total. The van der Waals surface area contributed by atoms with E-state index in [1.165, 1.54) is 0 Å². The fourth-order valence-electron chi connectivity index (χ4n) is 1.95. The third kappa shape index (κ3) is 2.07. The van der Waals surface area contributed by atoms with Crippen molar-refractivity contribution < 1.29 is 9.90 Å². The number of aliphatic hydroxyl groups excluding tert-OH is 1. The summed E-state index contributed by atoms with van der Waals surface area (Å²) in [6.45, 7) is 4.74. The Labute approximate surface area is 85.1 Å². The Kier molecular flexibility index (Phi) is 3.89. The van der Waals surface area contributed by atoms with Gasteiger partial charge in [0.05, 0.1) is 18.7 Å². The summed E-state index contributed by atoms with van der Waals surface area (Å²) in [6.07, 6.45) is 1.62. The molecule has 1 aliphatic heterocycles. The molecule has 0 radical (unpaired) electrons. The van der Waals surface area contributed by atoms with E-state index >= 15 is 0 Å². The monoisotopic (exact) mass is 200 g/mol. The Morgan fingerprint density at radius 3 is 2.86 bits per heavy atom. The van der Waals surface area contributed by atoms with Crippen LogP contribution >= 0.6 is 0 Å². The highest BCUT2D eigenvalue weighted by atomic mass is 16.3. The predicted octanol–water partition coefficient (Wildman–Crippen LogP) is -0.0470. The Hall–Kier alpha value is -0.610. The topological polar surface area (TPSA) is 66.6 Å². The van der Waals surface area contributed by atoms with Gasteiger partial charge in [-0.05, 0) is 18.8 Å². The molecule has 1 amide bonds. The molecule has 0 bridgehead atoms. The third-order valence-corrected chi connectivity index (χ3v) is 3.11. The van der Waals surface area contributed by atoms with Gasteiger partial charge in [0.1, 0.15) is 0 Å². The number of nitrogens with zero attached hydrogens (tertiary/aromatic N) is 1. The van der Waals surface area contributed by atoms with E-state index in [1.807, 2.05) is 6.92 Å². The van der Waals surface area contributed by atoms with Gasteiger partial charge in [0.15, 0.2) is 0 Å². The standard InChI is InChI=1S/C10H20N2O2/c1-3-8(11)10(14)12-5-4-7(2)9(12)6-13/h7-9,13H,3-6,11H2,1-2H3/t7?,8-,9?/m1/s1. The Balaban J connectivity index is 2.64. The maximum atomic E-state index is 11.8. The lowest BCUT2D eigenvalue weighted by atomic mass is 10.0. The van der Waals surface area contributed by atoms with E-state index in [2.05, 4.69) is 6.92 Å². The summed E-state index contributed by atoms with van der Waals surface area (Å²) in [7, 11) is 0. The number of carbonyl (C=O) groups is 1. The normalized spacial score (nSPS) is 29.3. The summed E-state index contributed by atoms with van der Waals surface area (Å²) in [5.74, 6) is 0.365. The molecule has 0 saturated carbocycles. The molecule has 0 spiro atoms. The number of carbonyl (C=O) groups excluding carboxylic acids is 1. The van der Waals surface area contributed by atoms with Gasteiger partial charge in [0.25, 0.3) is 0 Å². The maximum absolute atomic E-state index is 11.8. The van der Waals surface area contributed by atoms with Gasteiger partial charge in [-0.1, -0.05) is 13.8 Å². The molecule has 3 N–H and O–H groups in total. The quantitative estimate of drug-likeness (QED) is 0.671. The lowest BCUT2D eigenvalue weighted by Gasteiger charge is -2.27. The molecular formula is C10H20N2O2. The van der Waals surface area contributed by atoms with Crippen LogP contribution in [0, 0.1) is 5.92 Å². The minimum atomic E-state index is -0.408. The second-order valence-corrected chi connectivity index (χ2v) is 4.06. The zero-order valence-electron chi connectivity index (χ0n) is 8.94. The number of hydrogen-bond donors (Lipinski definition) is 2. The molecule has 82 valence electrons. The van der Waals surface area contributed by atoms with E-state index in [1.54, 1.807) is 4.90 Å². The van der Waals surface area contributed by atoms with Crippen LogP contribution < -0.4 is 5.73 Å². The van der Waals surface area contributed by atoms with E-state index in [0.29, 0.717) is 12.3 Å². The van der Waals surface area contributed by atoms with Crippen LogP contribution in [-0.4, -0.2) is 41.1 Å². The van der Waals surface area contributed by atoms with Gasteiger partial charge in [0.2, 0.25) is 5.91 Å². The van der Waals surface area contributed by atoms with Crippen LogP contribution in [0.5, 0.6) is 0 Å². The molecule has 1 rings (SSSR count). The van der Waals surface area contributed by atoms with Crippen LogP contribution in [0.15, 0.2) is 0 Å². The molecule has 2 unspecified atom stereocenters. The van der Waals surface area contributed by atoms with E-state index in [0.717, 1.165) is 13.0 Å². The predicted molar refractivity (Wildman–Crippen MR) is 54.6 cm³/mol. The van der Waals surface area contributed by atoms with Crippen molar-refractivity contribution in [2.24, 2.45) is 11.7 Å². The van der Waals surface area contributed by atoms with Crippen LogP contribution in [0.4, 0.5) is 0 Å². The largest absolute Gasteiger partial charge is 0.394 e. The van der Waals surface area contributed by atoms with Crippen LogP contribution in [0.1, 0.15) is 26.7 Å². The first-order valence-electron chi connectivity index (χ1n) is 5.28. The SMILES string of the molecule is CC[C@@H](N)C(=O)N1CCC(C)C1CO. The summed E-state index contributed by atoms with van der Waals surface area (Å²) in [5.41, 5.74) is 5.69. The summed E-state index contributed by atoms with van der Waals surface area (Å²) >= 11 is 0. The highest BCUT2D eigenvalue weighted by Crippen LogP contribution is 2.24. The Morgan fingerprint density at radius 1 is 1.71 bits per heavy atom. The molecule has 0 aromatic heterocycles. The number of likely N-dealkylation sites (tertiary alicyclic amines) is 1. The van der Waals surface area contributed by atoms with Crippen molar-refractivity contribution in [3.63, 3.8) is 0 Å². The fourth-order valence-corrected chi connectivity index (χ4v) is 1.95. The lowest BCUT2D eigenvalue weighted by Crippen LogP contribution is -2.47. The van der Waals surface area contributed by atoms with Gasteiger partial charge in [-0.3, -0.25) is 4.79 Å². The van der Waals surface area contributed by atoms with Crippen molar-refractivity contribution in [1.82, 2.24) is 4.90 Å². The molecule has 1 aliphatic rings. The number of hydrogen-bond acceptors (Lipinski definition) is 3. The first kappa shape index (κ1) is 11.5. The van der Waals surface area contributed by atoms with Crippen molar-refractivity contribution in [3.8, 4) is 0 Å². The second kappa shape index (κ2) is 4.75. The van der Waals surface area contributed by atoms with Gasteiger partial charge in [0, 0.05) is 6.54 Å². The zero-order chi connectivity index (χ0) is 10.7. The van der Waals surface area contributed by atoms with Crippen LogP contribution in [0.25, 0.3) is 0 Å². The van der Waals surface area contributed by atoms with Crippen molar-refractivity contribution in [2.45, 2.75) is 38.8 Å². The summed E-state index contributed by atoms with van der Waals surface area (Å²) < 4.78 is 0. The van der Waals surface area contributed by atoms with Crippen molar-refractivity contribution in [2.75, 3.05) is 13.2 Å². The first-order chi connectivity index (χ1) is 6.61. The second-order valence-electron chi connectivity index (χ2n) is 4.06. The number of rotatable bonds is 3. The molecule has 3 atom stereocenters. The van der Waals surface area contributed by atoms with Crippen molar-refractivity contribution in [1.29, 1.82) is 0 Å². The van der Waals surface area contributed by atoms with Gasteiger partial charge in [-0.15, -0.1) is 0 Å². The molecule has 1 heterocycles. The Bertz CT molecular complexity index is 208. The molecule has 1 fully saturated rings. The lowest BCUT2D eigenvalue weighted by molar-refractivity contribution is -0.134. The minimum absolute atomic E-state index is 0.0177. The van der Waals surface area contributed by atoms with E-state index < -0.39 is 6.04 Å². The van der Waals surface area contributed by atoms with E-state index in [4.69, 9.17) is 5.73 Å². The average Bonchev–Trinajstić information content (AvgIpc) is 2.57. The molecule has 14 heavy (non-hydrogen) atoms. The van der Waals surface area contributed by atoms with Crippen molar-refractivity contribution >= 4 is 5.91 Å². The zero-order valence-corrected chi connectivity index (χ0v) is 8.94. The molecule has 0 aromatic carbocycles. The molecule has 0 aliphatic carbocycles. The molecule has 4 heteroatoms. The summed E-state index contributed by atoms with van der Waals surface area (Å²) in [5, 5.41) is 9.18. The van der Waals surface area contributed by atoms with Crippen molar-refractivity contribution in [3.05, 3.63) is 0 Å². The fraction of sp³-hybridized carbons (Fsp3) is 0.900. The van der Waals surface area contributed by atoms with Gasteiger partial charge >= 0.3 is 0 Å². The van der Waals surface area contributed by atoms with Gasteiger partial charge in [-0.2, -0.15) is 0 Å². The number of aliphatic hydroxyl groups is 1. The highest BCUT2D eigenvalue weighted by molar-refractivity contribution is 5.82. The smallest absolute Gasteiger partial charge is 0.239 e. The van der Waals surface area contributed by atoms with E-state index in [9.17, 15) is 9.90 Å². The van der Waals surface area contributed by atoms with Gasteiger partial charge in [-0.25, -0.2) is 0 Å². The summed E-state index contributed by atoms with van der Waals surface area (Å²) in [4.78, 5) is 13.5. The number of amides is 1. The molecule has 0 aromatic rings. The highest BCUT2D eigenvalue weighted by Gasteiger charge is 2.35. The Morgan fingerprint density at radius 2 is 2.36 bits per heavy atom. The van der Waals surface area contributed by atoms with Crippen LogP contribution in [0.2, 0.25) is 0 Å². The molecular weight excluding hydrogens is 180 g/mol. The maximum Gasteiger partial charge on any atom is 0.239 e. The first-order valence-corrected chi connectivity index (χ1v) is 5.28.